The lowest BCUT2D eigenvalue weighted by molar-refractivity contribution is -0.253. The Hall–Kier alpha value is -3.40. The van der Waals surface area contributed by atoms with Gasteiger partial charge >= 0.3 is 18.6 Å². The van der Waals surface area contributed by atoms with Crippen LogP contribution in [0, 0.1) is 12.7 Å². The minimum atomic E-state index is -4.86. The second kappa shape index (κ2) is 11.1. The Morgan fingerprint density at radius 2 is 1.84 bits per heavy atom. The molecule has 1 aliphatic rings. The van der Waals surface area contributed by atoms with Gasteiger partial charge < -0.3 is 15.4 Å². The highest BCUT2D eigenvalue weighted by atomic mass is 35.5. The molecular weight excluding hydrogens is 529 g/mol. The van der Waals surface area contributed by atoms with Crippen molar-refractivity contribution in [1.29, 1.82) is 0 Å². The van der Waals surface area contributed by atoms with Crippen molar-refractivity contribution in [2.75, 3.05) is 0 Å². The largest absolute Gasteiger partial charge is 0.461 e. The number of amides is 2. The standard InChI is InChI=1S/C27H25ClF5N3O2/c1-16-5-7-17(8-6-16)14-26(23-10-9-19(28)15-34-23,36-25(37)35-21-3-2-4-21)18-11-20(29)13-22(12-18)38-27(32,33)24(30)31/h5-13,15,21,24H,2-4,14H2,1H3,(H2,35,36,37). The summed E-state index contributed by atoms with van der Waals surface area (Å²) in [6, 6.07) is 12.2. The van der Waals surface area contributed by atoms with E-state index in [0.29, 0.717) is 11.6 Å². The molecule has 2 aromatic carbocycles. The number of urea groups is 1. The van der Waals surface area contributed by atoms with Gasteiger partial charge in [-0.25, -0.2) is 9.18 Å². The van der Waals surface area contributed by atoms with Crippen LogP contribution in [0.5, 0.6) is 5.75 Å². The zero-order chi connectivity index (χ0) is 27.5. The average molecular weight is 554 g/mol. The summed E-state index contributed by atoms with van der Waals surface area (Å²) in [5.41, 5.74) is 0.199. The van der Waals surface area contributed by atoms with E-state index in [0.717, 1.165) is 37.0 Å². The molecular formula is C27H25ClF5N3O2. The lowest BCUT2D eigenvalue weighted by Crippen LogP contribution is -2.55. The fourth-order valence-electron chi connectivity index (χ4n) is 4.20. The number of ether oxygens (including phenoxy) is 1. The van der Waals surface area contributed by atoms with Gasteiger partial charge in [0.25, 0.3) is 0 Å². The second-order valence-corrected chi connectivity index (χ2v) is 9.73. The van der Waals surface area contributed by atoms with Crippen LogP contribution in [0.4, 0.5) is 26.7 Å². The number of hydrogen-bond donors (Lipinski definition) is 2. The third-order valence-electron chi connectivity index (χ3n) is 6.39. The second-order valence-electron chi connectivity index (χ2n) is 9.30. The summed E-state index contributed by atoms with van der Waals surface area (Å²) >= 11 is 6.04. The number of nitrogens with one attached hydrogen (secondary N) is 2. The van der Waals surface area contributed by atoms with E-state index in [1.807, 2.05) is 19.1 Å². The van der Waals surface area contributed by atoms with Crippen molar-refractivity contribution in [2.45, 2.75) is 56.7 Å². The molecule has 0 aliphatic heterocycles. The fourth-order valence-corrected chi connectivity index (χ4v) is 4.31. The Morgan fingerprint density at radius 3 is 2.42 bits per heavy atom. The van der Waals surface area contributed by atoms with Crippen molar-refractivity contribution in [3.05, 3.63) is 94.0 Å². The Bertz CT molecular complexity index is 1270. The van der Waals surface area contributed by atoms with Crippen LogP contribution in [0.2, 0.25) is 5.02 Å². The zero-order valence-electron chi connectivity index (χ0n) is 20.3. The molecule has 5 nitrogen and oxygen atoms in total. The fraction of sp³-hybridized carbons (Fsp3) is 0.333. The predicted molar refractivity (Wildman–Crippen MR) is 132 cm³/mol. The number of nitrogens with zero attached hydrogens (tertiary/aromatic N) is 1. The molecule has 0 radical (unpaired) electrons. The quantitative estimate of drug-likeness (QED) is 0.288. The lowest BCUT2D eigenvalue weighted by atomic mass is 9.80. The van der Waals surface area contributed by atoms with Crippen LogP contribution < -0.4 is 15.4 Å². The van der Waals surface area contributed by atoms with Crippen LogP contribution in [0.3, 0.4) is 0 Å². The average Bonchev–Trinajstić information content (AvgIpc) is 2.82. The van der Waals surface area contributed by atoms with E-state index in [2.05, 4.69) is 20.4 Å². The Morgan fingerprint density at radius 1 is 1.13 bits per heavy atom. The maximum absolute atomic E-state index is 14.8. The molecule has 3 aromatic rings. The minimum Gasteiger partial charge on any atom is -0.428 e. The van der Waals surface area contributed by atoms with Gasteiger partial charge in [0.1, 0.15) is 17.1 Å². The number of carbonyl (C=O) groups is 1. The van der Waals surface area contributed by atoms with Crippen LogP contribution in [-0.4, -0.2) is 29.6 Å². The van der Waals surface area contributed by atoms with Gasteiger partial charge in [-0.15, -0.1) is 0 Å². The Labute approximate surface area is 221 Å². The van der Waals surface area contributed by atoms with Crippen molar-refractivity contribution in [1.82, 2.24) is 15.6 Å². The molecule has 1 unspecified atom stereocenters. The molecule has 1 fully saturated rings. The number of rotatable bonds is 9. The highest BCUT2D eigenvalue weighted by Gasteiger charge is 2.45. The Balaban J connectivity index is 1.87. The number of benzene rings is 2. The number of halogens is 6. The topological polar surface area (TPSA) is 63.2 Å². The summed E-state index contributed by atoms with van der Waals surface area (Å²) in [6.45, 7) is 1.89. The van der Waals surface area contributed by atoms with Crippen LogP contribution in [0.1, 0.15) is 41.6 Å². The van der Waals surface area contributed by atoms with Gasteiger partial charge in [-0.2, -0.15) is 17.6 Å². The first-order valence-corrected chi connectivity index (χ1v) is 12.3. The molecule has 2 N–H and O–H groups in total. The number of pyridine rings is 1. The van der Waals surface area contributed by atoms with Gasteiger partial charge in [0.2, 0.25) is 0 Å². The monoisotopic (exact) mass is 553 g/mol. The maximum atomic E-state index is 14.8. The van der Waals surface area contributed by atoms with E-state index in [4.69, 9.17) is 11.6 Å². The summed E-state index contributed by atoms with van der Waals surface area (Å²) in [4.78, 5) is 17.6. The van der Waals surface area contributed by atoms with Gasteiger partial charge in [-0.1, -0.05) is 41.4 Å². The summed E-state index contributed by atoms with van der Waals surface area (Å²) in [6.07, 6.45) is -5.13. The van der Waals surface area contributed by atoms with Gasteiger partial charge in [-0.05, 0) is 61.6 Å². The molecule has 0 saturated heterocycles. The molecule has 11 heteroatoms. The predicted octanol–water partition coefficient (Wildman–Crippen LogP) is 6.76. The van der Waals surface area contributed by atoms with E-state index in [9.17, 15) is 26.7 Å². The van der Waals surface area contributed by atoms with Crippen molar-refractivity contribution in [3.8, 4) is 5.75 Å². The molecule has 1 saturated carbocycles. The molecule has 202 valence electrons. The van der Waals surface area contributed by atoms with Gasteiger partial charge in [0, 0.05) is 24.7 Å². The minimum absolute atomic E-state index is 0.00807. The van der Waals surface area contributed by atoms with Crippen LogP contribution >= 0.6 is 11.6 Å². The number of aromatic nitrogens is 1. The summed E-state index contributed by atoms with van der Waals surface area (Å²) in [5.74, 6) is -1.88. The summed E-state index contributed by atoms with van der Waals surface area (Å²) in [5, 5.41) is 6.01. The van der Waals surface area contributed by atoms with Crippen LogP contribution in [0.25, 0.3) is 0 Å². The molecule has 1 atom stereocenters. The van der Waals surface area contributed by atoms with Crippen molar-refractivity contribution < 1.29 is 31.5 Å². The molecule has 0 spiro atoms. The number of hydrogen-bond acceptors (Lipinski definition) is 3. The molecule has 4 rings (SSSR count). The van der Waals surface area contributed by atoms with E-state index < -0.39 is 35.7 Å². The molecule has 1 aromatic heterocycles. The third kappa shape index (κ3) is 6.35. The van der Waals surface area contributed by atoms with Crippen molar-refractivity contribution in [2.24, 2.45) is 0 Å². The molecule has 0 bridgehead atoms. The highest BCUT2D eigenvalue weighted by molar-refractivity contribution is 6.30. The smallest absolute Gasteiger partial charge is 0.428 e. The van der Waals surface area contributed by atoms with Crippen LogP contribution in [-0.2, 0) is 12.0 Å². The molecule has 1 aliphatic carbocycles. The normalized spacial score (nSPS) is 15.5. The van der Waals surface area contributed by atoms with Gasteiger partial charge in [0.15, 0.2) is 0 Å². The highest BCUT2D eigenvalue weighted by Crippen LogP contribution is 2.37. The van der Waals surface area contributed by atoms with Crippen molar-refractivity contribution >= 4 is 17.6 Å². The summed E-state index contributed by atoms with van der Waals surface area (Å²) < 4.78 is 72.2. The van der Waals surface area contributed by atoms with Gasteiger partial charge in [0.05, 0.1) is 10.7 Å². The first-order chi connectivity index (χ1) is 18.0. The third-order valence-corrected chi connectivity index (χ3v) is 6.62. The first kappa shape index (κ1) is 27.6. The molecule has 38 heavy (non-hydrogen) atoms. The van der Waals surface area contributed by atoms with E-state index in [1.165, 1.54) is 18.3 Å². The van der Waals surface area contributed by atoms with E-state index in [-0.39, 0.29) is 28.7 Å². The van der Waals surface area contributed by atoms with E-state index in [1.54, 1.807) is 12.1 Å². The van der Waals surface area contributed by atoms with Gasteiger partial charge in [-0.3, -0.25) is 4.98 Å². The number of aryl methyl sites for hydroxylation is 1. The molecule has 1 heterocycles. The summed E-state index contributed by atoms with van der Waals surface area (Å²) in [7, 11) is 0. The number of alkyl halides is 4. The van der Waals surface area contributed by atoms with Crippen molar-refractivity contribution in [3.63, 3.8) is 0 Å². The SMILES string of the molecule is Cc1ccc(CC(NC(=O)NC2CCC2)(c2cc(F)cc(OC(F)(F)C(F)F)c2)c2ccc(Cl)cn2)cc1. The first-order valence-electron chi connectivity index (χ1n) is 11.9. The van der Waals surface area contributed by atoms with E-state index >= 15 is 0 Å². The maximum Gasteiger partial charge on any atom is 0.461 e. The molecule has 2 amide bonds. The van der Waals surface area contributed by atoms with Crippen LogP contribution in [0.15, 0.2) is 60.8 Å². The zero-order valence-corrected chi connectivity index (χ0v) is 21.0. The number of carbonyl (C=O) groups excluding carboxylic acids is 1. The Kier molecular flexibility index (Phi) is 8.10. The lowest BCUT2D eigenvalue weighted by Gasteiger charge is -2.37.